The van der Waals surface area contributed by atoms with Crippen LogP contribution < -0.4 is 5.32 Å². The van der Waals surface area contributed by atoms with Crippen LogP contribution in [0, 0.1) is 11.3 Å². The number of thiocarbonyl (C=S) groups is 1. The first-order valence-electron chi connectivity index (χ1n) is 7.18. The largest absolute Gasteiger partial charge is 0.460 e. The lowest BCUT2D eigenvalue weighted by molar-refractivity contribution is 0.0944. The quantitative estimate of drug-likeness (QED) is 0.804. The molecule has 1 fully saturated rings. The molecule has 1 aromatic carbocycles. The van der Waals surface area contributed by atoms with Crippen LogP contribution in [0.3, 0.4) is 0 Å². The van der Waals surface area contributed by atoms with Crippen molar-refractivity contribution in [1.82, 2.24) is 4.90 Å². The third-order valence-corrected chi connectivity index (χ3v) is 4.69. The van der Waals surface area contributed by atoms with Gasteiger partial charge in [-0.25, -0.2) is 0 Å². The van der Waals surface area contributed by atoms with Gasteiger partial charge in [0, 0.05) is 18.7 Å². The lowest BCUT2D eigenvalue weighted by Crippen LogP contribution is -2.35. The first-order valence-corrected chi connectivity index (χ1v) is 7.59. The molecule has 1 aromatic rings. The average molecular weight is 303 g/mol. The summed E-state index contributed by atoms with van der Waals surface area (Å²) >= 11 is 5.14. The molecule has 0 aromatic heterocycles. The van der Waals surface area contributed by atoms with E-state index in [1.807, 2.05) is 20.9 Å². The number of hydrogen-bond acceptors (Lipinski definition) is 4. The fraction of sp³-hybridized carbons (Fsp3) is 0.500. The molecule has 2 unspecified atom stereocenters. The summed E-state index contributed by atoms with van der Waals surface area (Å²) in [5, 5.41) is 12.7. The molecule has 0 saturated carbocycles. The van der Waals surface area contributed by atoms with Crippen molar-refractivity contribution in [2.75, 3.05) is 12.4 Å². The van der Waals surface area contributed by atoms with Crippen molar-refractivity contribution in [3.8, 4) is 6.07 Å². The van der Waals surface area contributed by atoms with Crippen LogP contribution in [-0.4, -0.2) is 23.2 Å². The number of nitrogens with one attached hydrogen (secondary N) is 1. The fourth-order valence-corrected chi connectivity index (χ4v) is 3.61. The first-order chi connectivity index (χ1) is 9.92. The second kappa shape index (κ2) is 4.97. The second-order valence-electron chi connectivity index (χ2n) is 6.23. The van der Waals surface area contributed by atoms with Gasteiger partial charge in [-0.05, 0) is 63.7 Å². The summed E-state index contributed by atoms with van der Waals surface area (Å²) in [5.41, 5.74) is 2.93. The lowest BCUT2D eigenvalue weighted by atomic mass is 9.91. The van der Waals surface area contributed by atoms with Crippen LogP contribution in [0.2, 0.25) is 0 Å². The van der Waals surface area contributed by atoms with Crippen LogP contribution in [0.4, 0.5) is 5.69 Å². The summed E-state index contributed by atoms with van der Waals surface area (Å²) < 4.78 is 5.74. The number of nitrogens with zero attached hydrogens (tertiary/aromatic N) is 2. The van der Waals surface area contributed by atoms with Crippen LogP contribution in [0.5, 0.6) is 0 Å². The van der Waals surface area contributed by atoms with Gasteiger partial charge in [0.2, 0.25) is 0 Å². The van der Waals surface area contributed by atoms with Crippen molar-refractivity contribution < 1.29 is 6.16 Å². The maximum Gasteiger partial charge on any atom is 0.262 e. The molecular formula is C16H21N3OS. The zero-order valence-corrected chi connectivity index (χ0v) is 13.3. The standard InChI is InChI=1S/C16H19N3OS.H2/c1-16(2)12-8-10(4-6-13(12)18-15(21)20-16)14-7-5-11(9-17)19(14)3;/h4,6,8,11,14H,5,7H2,1-3H3,(H,18,21);1H. The molecule has 2 atom stereocenters. The third-order valence-electron chi connectivity index (χ3n) is 4.51. The van der Waals surface area contributed by atoms with Crippen LogP contribution in [0.15, 0.2) is 18.2 Å². The van der Waals surface area contributed by atoms with Crippen LogP contribution >= 0.6 is 12.2 Å². The molecule has 2 aliphatic rings. The van der Waals surface area contributed by atoms with Crippen molar-refractivity contribution in [2.45, 2.75) is 44.4 Å². The predicted octanol–water partition coefficient (Wildman–Crippen LogP) is 3.55. The molecule has 0 aliphatic carbocycles. The highest BCUT2D eigenvalue weighted by molar-refractivity contribution is 7.80. The molecule has 1 N–H and O–H groups in total. The zero-order valence-electron chi connectivity index (χ0n) is 12.5. The monoisotopic (exact) mass is 303 g/mol. The van der Waals surface area contributed by atoms with E-state index in [4.69, 9.17) is 22.2 Å². The molecule has 0 radical (unpaired) electrons. The summed E-state index contributed by atoms with van der Waals surface area (Å²) in [6.45, 7) is 4.05. The molecular weight excluding hydrogens is 282 g/mol. The van der Waals surface area contributed by atoms with Crippen LogP contribution in [0.1, 0.15) is 45.3 Å². The van der Waals surface area contributed by atoms with Crippen molar-refractivity contribution in [3.63, 3.8) is 0 Å². The number of rotatable bonds is 1. The van der Waals surface area contributed by atoms with Gasteiger partial charge in [0.15, 0.2) is 0 Å². The molecule has 0 spiro atoms. The van der Waals surface area contributed by atoms with E-state index >= 15 is 0 Å². The SMILES string of the molecule is CN1C(C#N)CCC1c1ccc2c(c1)C(C)(C)OC(=S)N2.[HH]. The summed E-state index contributed by atoms with van der Waals surface area (Å²) in [7, 11) is 2.03. The third kappa shape index (κ3) is 2.39. The summed E-state index contributed by atoms with van der Waals surface area (Å²) in [6.07, 6.45) is 1.94. The van der Waals surface area contributed by atoms with E-state index in [1.54, 1.807) is 0 Å². The summed E-state index contributed by atoms with van der Waals surface area (Å²) in [5.74, 6) is 0. The molecule has 21 heavy (non-hydrogen) atoms. The van der Waals surface area contributed by atoms with Crippen molar-refractivity contribution >= 4 is 23.1 Å². The zero-order chi connectivity index (χ0) is 15.2. The maximum absolute atomic E-state index is 9.17. The number of hydrogen-bond donors (Lipinski definition) is 1. The van der Waals surface area contributed by atoms with Crippen molar-refractivity contribution in [3.05, 3.63) is 29.3 Å². The minimum absolute atomic E-state index is 0. The number of nitriles is 1. The van der Waals surface area contributed by atoms with E-state index in [2.05, 4.69) is 34.5 Å². The summed E-state index contributed by atoms with van der Waals surface area (Å²) in [4.78, 5) is 2.16. The number of benzene rings is 1. The van der Waals surface area contributed by atoms with Gasteiger partial charge < -0.3 is 10.1 Å². The molecule has 5 heteroatoms. The first kappa shape index (κ1) is 14.3. The number of ether oxygens (including phenoxy) is 1. The van der Waals surface area contributed by atoms with Gasteiger partial charge in [0.05, 0.1) is 12.1 Å². The van der Waals surface area contributed by atoms with E-state index < -0.39 is 5.60 Å². The van der Waals surface area contributed by atoms with Gasteiger partial charge >= 0.3 is 0 Å². The van der Waals surface area contributed by atoms with Gasteiger partial charge in [0.1, 0.15) is 5.60 Å². The van der Waals surface area contributed by atoms with Gasteiger partial charge in [-0.1, -0.05) is 6.07 Å². The van der Waals surface area contributed by atoms with E-state index in [9.17, 15) is 0 Å². The molecule has 2 aliphatic heterocycles. The molecule has 4 nitrogen and oxygen atoms in total. The Morgan fingerprint density at radius 1 is 1.48 bits per heavy atom. The Bertz CT molecular complexity index is 641. The van der Waals surface area contributed by atoms with Gasteiger partial charge in [-0.3, -0.25) is 4.90 Å². The van der Waals surface area contributed by atoms with Crippen molar-refractivity contribution in [1.29, 1.82) is 5.26 Å². The Morgan fingerprint density at radius 2 is 2.24 bits per heavy atom. The molecule has 1 saturated heterocycles. The Labute approximate surface area is 132 Å². The summed E-state index contributed by atoms with van der Waals surface area (Å²) in [6, 6.07) is 9.05. The molecule has 0 bridgehead atoms. The molecule has 0 amide bonds. The van der Waals surface area contributed by atoms with Crippen LogP contribution in [0.25, 0.3) is 0 Å². The molecule has 2 heterocycles. The van der Waals surface area contributed by atoms with Crippen LogP contribution in [-0.2, 0) is 10.3 Å². The number of likely N-dealkylation sites (tertiary alicyclic amines) is 1. The van der Waals surface area contributed by atoms with E-state index in [-0.39, 0.29) is 7.47 Å². The van der Waals surface area contributed by atoms with E-state index in [0.29, 0.717) is 11.2 Å². The predicted molar refractivity (Wildman–Crippen MR) is 88.0 cm³/mol. The maximum atomic E-state index is 9.17. The smallest absolute Gasteiger partial charge is 0.262 e. The highest BCUT2D eigenvalue weighted by atomic mass is 32.1. The number of anilines is 1. The number of fused-ring (bicyclic) bond motifs is 1. The van der Waals surface area contributed by atoms with Crippen molar-refractivity contribution in [2.24, 2.45) is 0 Å². The molecule has 112 valence electrons. The normalized spacial score (nSPS) is 27.4. The highest BCUT2D eigenvalue weighted by Crippen LogP contribution is 2.40. The second-order valence-corrected chi connectivity index (χ2v) is 6.60. The minimum atomic E-state index is -0.431. The highest BCUT2D eigenvalue weighted by Gasteiger charge is 2.35. The minimum Gasteiger partial charge on any atom is -0.460 e. The molecule has 3 rings (SSSR count). The fourth-order valence-electron chi connectivity index (χ4n) is 3.30. The Hall–Kier alpha value is -1.64. The average Bonchev–Trinajstić information content (AvgIpc) is 2.78. The van der Waals surface area contributed by atoms with Gasteiger partial charge in [0.25, 0.3) is 5.17 Å². The van der Waals surface area contributed by atoms with E-state index in [1.165, 1.54) is 5.56 Å². The van der Waals surface area contributed by atoms with Gasteiger partial charge in [-0.15, -0.1) is 0 Å². The Balaban J connectivity index is 0.00000176. The Morgan fingerprint density at radius 3 is 2.90 bits per heavy atom. The van der Waals surface area contributed by atoms with Gasteiger partial charge in [-0.2, -0.15) is 5.26 Å². The Kier molecular flexibility index (Phi) is 3.39. The topological polar surface area (TPSA) is 48.3 Å². The van der Waals surface area contributed by atoms with E-state index in [0.717, 1.165) is 24.1 Å². The lowest BCUT2D eigenvalue weighted by Gasteiger charge is -2.35.